The lowest BCUT2D eigenvalue weighted by molar-refractivity contribution is 0.346. The lowest BCUT2D eigenvalue weighted by Crippen LogP contribution is -2.25. The Labute approximate surface area is 95.2 Å². The highest BCUT2D eigenvalue weighted by Gasteiger charge is 2.07. The van der Waals surface area contributed by atoms with Crippen LogP contribution in [0.25, 0.3) is 0 Å². The summed E-state index contributed by atoms with van der Waals surface area (Å²) in [5.74, 6) is 0. The molecule has 15 heavy (non-hydrogen) atoms. The van der Waals surface area contributed by atoms with E-state index in [-0.39, 0.29) is 0 Å². The number of allylic oxidation sites excluding steroid dienone is 2. The molecule has 0 rings (SSSR count). The summed E-state index contributed by atoms with van der Waals surface area (Å²) in [7, 11) is 0. The number of hydrogen-bond acceptors (Lipinski definition) is 1. The van der Waals surface area contributed by atoms with Crippen molar-refractivity contribution in [2.24, 2.45) is 0 Å². The molecule has 0 aliphatic heterocycles. The summed E-state index contributed by atoms with van der Waals surface area (Å²) >= 11 is 0. The molecular weight excluding hydrogens is 182 g/mol. The topological polar surface area (TPSA) is 3.24 Å². The normalized spacial score (nSPS) is 11.3. The van der Waals surface area contributed by atoms with Gasteiger partial charge in [0.05, 0.1) is 0 Å². The van der Waals surface area contributed by atoms with Gasteiger partial charge in [0.15, 0.2) is 0 Å². The second-order valence-corrected chi connectivity index (χ2v) is 3.74. The summed E-state index contributed by atoms with van der Waals surface area (Å²) in [5.41, 5.74) is 2.27. The largest absolute Gasteiger partial charge is 0.372 e. The maximum atomic E-state index is 4.15. The van der Waals surface area contributed by atoms with Gasteiger partial charge in [-0.3, -0.25) is 0 Å². The van der Waals surface area contributed by atoms with Crippen molar-refractivity contribution in [3.63, 3.8) is 0 Å². The first-order chi connectivity index (χ1) is 7.21. The van der Waals surface area contributed by atoms with Gasteiger partial charge in [-0.2, -0.15) is 0 Å². The third-order valence-electron chi connectivity index (χ3n) is 2.52. The number of hydrogen-bond donors (Lipinski definition) is 0. The van der Waals surface area contributed by atoms with Crippen LogP contribution in [0.2, 0.25) is 0 Å². The van der Waals surface area contributed by atoms with Gasteiger partial charge in [-0.05, 0) is 25.3 Å². The van der Waals surface area contributed by atoms with Crippen molar-refractivity contribution >= 4 is 0 Å². The highest BCUT2D eigenvalue weighted by Crippen LogP contribution is 2.15. The summed E-state index contributed by atoms with van der Waals surface area (Å²) in [6.07, 6.45) is 7.58. The van der Waals surface area contributed by atoms with Gasteiger partial charge in [-0.1, -0.05) is 45.6 Å². The zero-order valence-corrected chi connectivity index (χ0v) is 10.6. The number of rotatable bonds is 8. The number of unbranched alkanes of at least 4 members (excludes halogenated alkanes) is 1. The fourth-order valence-electron chi connectivity index (χ4n) is 1.59. The summed E-state index contributed by atoms with van der Waals surface area (Å²) in [5, 5.41) is 0. The fraction of sp³-hybridized carbons (Fsp3) is 0.571. The monoisotopic (exact) mass is 207 g/mol. The van der Waals surface area contributed by atoms with Crippen molar-refractivity contribution in [1.82, 2.24) is 4.90 Å². The Bertz CT molecular complexity index is 225. The first kappa shape index (κ1) is 14.0. The van der Waals surface area contributed by atoms with E-state index in [1.54, 1.807) is 0 Å². The van der Waals surface area contributed by atoms with E-state index >= 15 is 0 Å². The Morgan fingerprint density at radius 3 is 2.27 bits per heavy atom. The molecule has 0 amide bonds. The predicted octanol–water partition coefficient (Wildman–Crippen LogP) is 4.14. The molecule has 0 heterocycles. The van der Waals surface area contributed by atoms with Crippen LogP contribution in [-0.4, -0.2) is 18.0 Å². The standard InChI is InChI=1S/C14H25N/c1-6-10-12-15(11-7-2)13(5)14(8-3)9-4/h8-9H,3,5-7,10-12H2,1-2,4H3/b14-9+. The van der Waals surface area contributed by atoms with Crippen LogP contribution in [0.1, 0.15) is 40.0 Å². The molecule has 86 valence electrons. The molecule has 0 aliphatic carbocycles. The molecule has 0 radical (unpaired) electrons. The second-order valence-electron chi connectivity index (χ2n) is 3.74. The minimum Gasteiger partial charge on any atom is -0.372 e. The second kappa shape index (κ2) is 8.34. The van der Waals surface area contributed by atoms with E-state index in [2.05, 4.69) is 38.0 Å². The molecule has 0 saturated heterocycles. The highest BCUT2D eigenvalue weighted by molar-refractivity contribution is 5.35. The van der Waals surface area contributed by atoms with E-state index in [0.717, 1.165) is 30.8 Å². The van der Waals surface area contributed by atoms with E-state index < -0.39 is 0 Å². The van der Waals surface area contributed by atoms with Crippen LogP contribution >= 0.6 is 0 Å². The highest BCUT2D eigenvalue weighted by atomic mass is 15.1. The summed E-state index contributed by atoms with van der Waals surface area (Å²) in [6.45, 7) is 16.6. The van der Waals surface area contributed by atoms with Gasteiger partial charge in [0.2, 0.25) is 0 Å². The average Bonchev–Trinajstić information content (AvgIpc) is 2.25. The molecule has 0 aromatic carbocycles. The first-order valence-electron chi connectivity index (χ1n) is 5.94. The van der Waals surface area contributed by atoms with E-state index in [9.17, 15) is 0 Å². The van der Waals surface area contributed by atoms with Crippen molar-refractivity contribution in [1.29, 1.82) is 0 Å². The quantitative estimate of drug-likeness (QED) is 0.541. The first-order valence-corrected chi connectivity index (χ1v) is 5.94. The van der Waals surface area contributed by atoms with Gasteiger partial charge in [-0.15, -0.1) is 0 Å². The molecule has 0 atom stereocenters. The van der Waals surface area contributed by atoms with E-state index in [4.69, 9.17) is 0 Å². The van der Waals surface area contributed by atoms with Crippen molar-refractivity contribution in [3.05, 3.63) is 36.6 Å². The average molecular weight is 207 g/mol. The Balaban J connectivity index is 4.45. The summed E-state index contributed by atoms with van der Waals surface area (Å²) in [4.78, 5) is 2.36. The van der Waals surface area contributed by atoms with E-state index in [1.165, 1.54) is 12.8 Å². The molecule has 0 saturated carbocycles. The molecule has 0 aliphatic rings. The minimum atomic E-state index is 1.09. The minimum absolute atomic E-state index is 1.09. The van der Waals surface area contributed by atoms with Crippen molar-refractivity contribution in [3.8, 4) is 0 Å². The maximum Gasteiger partial charge on any atom is 0.0363 e. The molecule has 0 spiro atoms. The smallest absolute Gasteiger partial charge is 0.0363 e. The molecular formula is C14H25N. The van der Waals surface area contributed by atoms with Gasteiger partial charge in [0.1, 0.15) is 0 Å². The maximum absolute atomic E-state index is 4.15. The zero-order valence-electron chi connectivity index (χ0n) is 10.6. The lowest BCUT2D eigenvalue weighted by Gasteiger charge is -2.26. The van der Waals surface area contributed by atoms with Crippen LogP contribution in [0.4, 0.5) is 0 Å². The van der Waals surface area contributed by atoms with Crippen LogP contribution in [0.5, 0.6) is 0 Å². The fourth-order valence-corrected chi connectivity index (χ4v) is 1.59. The SMILES string of the molecule is C=C/C(=C\C)C(=C)N(CCC)CCCC. The molecule has 0 unspecified atom stereocenters. The van der Waals surface area contributed by atoms with Crippen LogP contribution in [0, 0.1) is 0 Å². The van der Waals surface area contributed by atoms with Gasteiger partial charge in [-0.25, -0.2) is 0 Å². The number of nitrogens with zero attached hydrogens (tertiary/aromatic N) is 1. The van der Waals surface area contributed by atoms with E-state index in [1.807, 2.05) is 13.0 Å². The molecule has 0 N–H and O–H groups in total. The van der Waals surface area contributed by atoms with Crippen LogP contribution < -0.4 is 0 Å². The third kappa shape index (κ3) is 4.87. The predicted molar refractivity (Wildman–Crippen MR) is 69.9 cm³/mol. The lowest BCUT2D eigenvalue weighted by atomic mass is 10.1. The van der Waals surface area contributed by atoms with Crippen LogP contribution in [0.15, 0.2) is 36.6 Å². The van der Waals surface area contributed by atoms with Gasteiger partial charge in [0.25, 0.3) is 0 Å². The molecule has 0 aromatic heterocycles. The van der Waals surface area contributed by atoms with Crippen LogP contribution in [0.3, 0.4) is 0 Å². The summed E-state index contributed by atoms with van der Waals surface area (Å²) in [6, 6.07) is 0. The third-order valence-corrected chi connectivity index (χ3v) is 2.52. The Kier molecular flexibility index (Phi) is 7.79. The van der Waals surface area contributed by atoms with E-state index in [0.29, 0.717) is 0 Å². The zero-order chi connectivity index (χ0) is 11.7. The molecule has 0 bridgehead atoms. The Morgan fingerprint density at radius 1 is 1.20 bits per heavy atom. The molecule has 0 aromatic rings. The molecule has 1 nitrogen and oxygen atoms in total. The summed E-state index contributed by atoms with van der Waals surface area (Å²) < 4.78 is 0. The van der Waals surface area contributed by atoms with Gasteiger partial charge < -0.3 is 4.90 Å². The van der Waals surface area contributed by atoms with Crippen LogP contribution in [-0.2, 0) is 0 Å². The Morgan fingerprint density at radius 2 is 1.87 bits per heavy atom. The van der Waals surface area contributed by atoms with Gasteiger partial charge in [0, 0.05) is 18.8 Å². The van der Waals surface area contributed by atoms with Crippen molar-refractivity contribution in [2.75, 3.05) is 13.1 Å². The molecule has 1 heteroatoms. The van der Waals surface area contributed by atoms with Crippen molar-refractivity contribution < 1.29 is 0 Å². The molecule has 0 fully saturated rings. The van der Waals surface area contributed by atoms with Crippen molar-refractivity contribution in [2.45, 2.75) is 40.0 Å². The Hall–Kier alpha value is -0.980. The van der Waals surface area contributed by atoms with Gasteiger partial charge >= 0.3 is 0 Å².